The molecule has 0 aliphatic heterocycles. The van der Waals surface area contributed by atoms with Gasteiger partial charge in [0.2, 0.25) is 0 Å². The van der Waals surface area contributed by atoms with Crippen molar-refractivity contribution in [3.63, 3.8) is 0 Å². The van der Waals surface area contributed by atoms with Gasteiger partial charge in [0.05, 0.1) is 16.8 Å². The minimum absolute atomic E-state index is 0.326. The third-order valence-corrected chi connectivity index (χ3v) is 4.20. The Balaban J connectivity index is 1.88. The fraction of sp³-hybridized carbons (Fsp3) is 0.250. The molecule has 1 aliphatic rings. The molecule has 0 radical (unpaired) electrons. The Labute approximate surface area is 123 Å². The van der Waals surface area contributed by atoms with E-state index in [1.807, 2.05) is 18.2 Å². The summed E-state index contributed by atoms with van der Waals surface area (Å²) in [6.07, 6.45) is 2.15. The first-order valence-electron chi connectivity index (χ1n) is 6.44. The topological polar surface area (TPSA) is 12.0 Å². The maximum Gasteiger partial charge on any atom is 0.0637 e. The summed E-state index contributed by atoms with van der Waals surface area (Å²) < 4.78 is 0. The molecular formula is C16H15Cl2N. The van der Waals surface area contributed by atoms with Crippen molar-refractivity contribution in [1.82, 2.24) is 0 Å². The molecule has 1 aliphatic carbocycles. The van der Waals surface area contributed by atoms with Gasteiger partial charge in [-0.3, -0.25) is 0 Å². The minimum atomic E-state index is 0.326. The molecule has 1 nitrogen and oxygen atoms in total. The number of anilines is 1. The first-order valence-corrected chi connectivity index (χ1v) is 7.20. The van der Waals surface area contributed by atoms with E-state index in [0.717, 1.165) is 28.6 Å². The molecule has 0 saturated carbocycles. The second-order valence-corrected chi connectivity index (χ2v) is 5.91. The molecule has 0 amide bonds. The molecule has 2 aromatic rings. The van der Waals surface area contributed by atoms with Crippen LogP contribution in [0.2, 0.25) is 10.0 Å². The normalized spacial score (nSPS) is 17.3. The van der Waals surface area contributed by atoms with E-state index in [9.17, 15) is 0 Å². The maximum atomic E-state index is 6.24. The monoisotopic (exact) mass is 291 g/mol. The van der Waals surface area contributed by atoms with E-state index in [-0.39, 0.29) is 0 Å². The van der Waals surface area contributed by atoms with Crippen molar-refractivity contribution < 1.29 is 0 Å². The summed E-state index contributed by atoms with van der Waals surface area (Å²) in [4.78, 5) is 0. The number of fused-ring (bicyclic) bond motifs is 1. The second kappa shape index (κ2) is 5.07. The Morgan fingerprint density at radius 1 is 1.11 bits per heavy atom. The van der Waals surface area contributed by atoms with Crippen LogP contribution in [0.15, 0.2) is 36.4 Å². The summed E-state index contributed by atoms with van der Waals surface area (Å²) in [6, 6.07) is 12.5. The Morgan fingerprint density at radius 2 is 1.95 bits per heavy atom. The van der Waals surface area contributed by atoms with Gasteiger partial charge in [0, 0.05) is 5.02 Å². The number of nitrogens with one attached hydrogen (secondary N) is 1. The van der Waals surface area contributed by atoms with Crippen molar-refractivity contribution in [3.8, 4) is 0 Å². The number of hydrogen-bond donors (Lipinski definition) is 1. The summed E-state index contributed by atoms with van der Waals surface area (Å²) in [5.41, 5.74) is 4.89. The van der Waals surface area contributed by atoms with Gasteiger partial charge < -0.3 is 5.32 Å². The SMILES string of the molecule is Cc1ccc(Cl)c(NC2CCc3cc(Cl)ccc32)c1. The van der Waals surface area contributed by atoms with E-state index in [0.29, 0.717) is 6.04 Å². The Morgan fingerprint density at radius 3 is 2.79 bits per heavy atom. The fourth-order valence-corrected chi connectivity index (χ4v) is 3.04. The number of hydrogen-bond acceptors (Lipinski definition) is 1. The van der Waals surface area contributed by atoms with Crippen molar-refractivity contribution >= 4 is 28.9 Å². The van der Waals surface area contributed by atoms with Crippen LogP contribution >= 0.6 is 23.2 Å². The summed E-state index contributed by atoms with van der Waals surface area (Å²) in [5, 5.41) is 5.13. The van der Waals surface area contributed by atoms with Crippen molar-refractivity contribution in [1.29, 1.82) is 0 Å². The quantitative estimate of drug-likeness (QED) is 0.781. The first kappa shape index (κ1) is 12.8. The zero-order valence-corrected chi connectivity index (χ0v) is 12.2. The Hall–Kier alpha value is -1.18. The molecule has 3 heteroatoms. The smallest absolute Gasteiger partial charge is 0.0637 e. The van der Waals surface area contributed by atoms with Gasteiger partial charge in [-0.1, -0.05) is 35.3 Å². The van der Waals surface area contributed by atoms with Gasteiger partial charge in [-0.15, -0.1) is 0 Å². The van der Waals surface area contributed by atoms with E-state index >= 15 is 0 Å². The van der Waals surface area contributed by atoms with E-state index in [1.54, 1.807) is 0 Å². The third-order valence-electron chi connectivity index (χ3n) is 3.63. The van der Waals surface area contributed by atoms with Gasteiger partial charge in [0.15, 0.2) is 0 Å². The van der Waals surface area contributed by atoms with Crippen molar-refractivity contribution in [2.75, 3.05) is 5.32 Å². The summed E-state index contributed by atoms with van der Waals surface area (Å²) in [7, 11) is 0. The highest BCUT2D eigenvalue weighted by Crippen LogP contribution is 2.36. The lowest BCUT2D eigenvalue weighted by Crippen LogP contribution is -2.07. The van der Waals surface area contributed by atoms with Gasteiger partial charge >= 0.3 is 0 Å². The average Bonchev–Trinajstić information content (AvgIpc) is 2.76. The molecule has 0 saturated heterocycles. The van der Waals surface area contributed by atoms with Crippen LogP contribution in [0.3, 0.4) is 0 Å². The van der Waals surface area contributed by atoms with Gasteiger partial charge in [-0.05, 0) is 60.7 Å². The van der Waals surface area contributed by atoms with Crippen LogP contribution in [-0.2, 0) is 6.42 Å². The largest absolute Gasteiger partial charge is 0.377 e. The molecule has 0 aromatic heterocycles. The number of rotatable bonds is 2. The Kier molecular flexibility index (Phi) is 3.42. The molecule has 1 N–H and O–H groups in total. The number of benzene rings is 2. The first-order chi connectivity index (χ1) is 9.13. The predicted molar refractivity (Wildman–Crippen MR) is 82.3 cm³/mol. The van der Waals surface area contributed by atoms with Crippen molar-refractivity contribution in [2.45, 2.75) is 25.8 Å². The summed E-state index contributed by atoms with van der Waals surface area (Å²) in [6.45, 7) is 2.07. The van der Waals surface area contributed by atoms with Crippen LogP contribution in [0.25, 0.3) is 0 Å². The van der Waals surface area contributed by atoms with E-state index in [2.05, 4.69) is 30.4 Å². The van der Waals surface area contributed by atoms with Gasteiger partial charge in [0.1, 0.15) is 0 Å². The molecule has 3 rings (SSSR count). The highest BCUT2D eigenvalue weighted by atomic mass is 35.5. The standard InChI is InChI=1S/C16H15Cl2N/c1-10-2-6-14(18)16(8-10)19-15-7-3-11-9-12(17)4-5-13(11)15/h2,4-6,8-9,15,19H,3,7H2,1H3. The van der Waals surface area contributed by atoms with Crippen LogP contribution in [0, 0.1) is 6.92 Å². The second-order valence-electron chi connectivity index (χ2n) is 5.06. The number of aryl methyl sites for hydroxylation is 2. The zero-order valence-electron chi connectivity index (χ0n) is 10.7. The molecule has 2 aromatic carbocycles. The van der Waals surface area contributed by atoms with Crippen molar-refractivity contribution in [2.24, 2.45) is 0 Å². The van der Waals surface area contributed by atoms with E-state index < -0.39 is 0 Å². The predicted octanol–water partition coefficient (Wildman–Crippen LogP) is 5.40. The van der Waals surface area contributed by atoms with Crippen LogP contribution in [-0.4, -0.2) is 0 Å². The van der Waals surface area contributed by atoms with Gasteiger partial charge in [-0.2, -0.15) is 0 Å². The molecule has 0 spiro atoms. The molecule has 0 fully saturated rings. The van der Waals surface area contributed by atoms with Crippen molar-refractivity contribution in [3.05, 3.63) is 63.1 Å². The van der Waals surface area contributed by atoms with Gasteiger partial charge in [0.25, 0.3) is 0 Å². The molecule has 98 valence electrons. The maximum absolute atomic E-state index is 6.24. The number of halogens is 2. The molecule has 1 atom stereocenters. The van der Waals surface area contributed by atoms with Crippen LogP contribution in [0.4, 0.5) is 5.69 Å². The molecule has 0 bridgehead atoms. The zero-order chi connectivity index (χ0) is 13.4. The lowest BCUT2D eigenvalue weighted by Gasteiger charge is -2.17. The fourth-order valence-electron chi connectivity index (χ4n) is 2.67. The van der Waals surface area contributed by atoms with E-state index in [4.69, 9.17) is 23.2 Å². The van der Waals surface area contributed by atoms with Crippen LogP contribution in [0.5, 0.6) is 0 Å². The van der Waals surface area contributed by atoms with Crippen LogP contribution in [0.1, 0.15) is 29.2 Å². The summed E-state index contributed by atoms with van der Waals surface area (Å²) in [5.74, 6) is 0. The molecule has 19 heavy (non-hydrogen) atoms. The van der Waals surface area contributed by atoms with E-state index in [1.165, 1.54) is 16.7 Å². The third kappa shape index (κ3) is 2.58. The lowest BCUT2D eigenvalue weighted by atomic mass is 10.1. The Bertz CT molecular complexity index is 622. The average molecular weight is 292 g/mol. The van der Waals surface area contributed by atoms with Crippen LogP contribution < -0.4 is 5.32 Å². The molecular weight excluding hydrogens is 277 g/mol. The highest BCUT2D eigenvalue weighted by Gasteiger charge is 2.22. The molecule has 0 heterocycles. The van der Waals surface area contributed by atoms with Gasteiger partial charge in [-0.25, -0.2) is 0 Å². The highest BCUT2D eigenvalue weighted by molar-refractivity contribution is 6.33. The molecule has 1 unspecified atom stereocenters. The summed E-state index contributed by atoms with van der Waals surface area (Å²) >= 11 is 12.3. The lowest BCUT2D eigenvalue weighted by molar-refractivity contribution is 0.762. The minimum Gasteiger partial charge on any atom is -0.377 e.